The molecule has 0 aliphatic heterocycles. The average molecular weight is 264 g/mol. The van der Waals surface area contributed by atoms with Crippen molar-refractivity contribution in [2.75, 3.05) is 32.5 Å². The van der Waals surface area contributed by atoms with Crippen molar-refractivity contribution in [3.8, 4) is 0 Å². The quantitative estimate of drug-likeness (QED) is 0.857. The first-order valence-corrected chi connectivity index (χ1v) is 7.10. The molecule has 4 nitrogen and oxygen atoms in total. The zero-order valence-corrected chi connectivity index (χ0v) is 13.2. The molecule has 1 aromatic rings. The number of nitrogens with zero attached hydrogens (tertiary/aromatic N) is 3. The van der Waals surface area contributed by atoms with E-state index >= 15 is 0 Å². The van der Waals surface area contributed by atoms with Crippen LogP contribution in [0, 0.1) is 0 Å². The third-order valence-corrected chi connectivity index (χ3v) is 2.88. The summed E-state index contributed by atoms with van der Waals surface area (Å²) >= 11 is 0. The van der Waals surface area contributed by atoms with Gasteiger partial charge in [-0.25, -0.2) is 9.97 Å². The minimum absolute atomic E-state index is 0.0540. The van der Waals surface area contributed by atoms with Crippen molar-refractivity contribution in [3.05, 3.63) is 17.6 Å². The molecule has 0 aliphatic rings. The summed E-state index contributed by atoms with van der Waals surface area (Å²) in [5, 5.41) is 3.37. The zero-order chi connectivity index (χ0) is 14.5. The fraction of sp³-hybridized carbons (Fsp3) is 0.733. The van der Waals surface area contributed by atoms with Crippen LogP contribution in [0.2, 0.25) is 0 Å². The predicted molar refractivity (Wildman–Crippen MR) is 81.8 cm³/mol. The number of likely N-dealkylation sites (N-methyl/N-ethyl adjacent to an activating group) is 1. The van der Waals surface area contributed by atoms with Gasteiger partial charge in [-0.1, -0.05) is 27.7 Å². The molecule has 1 N–H and O–H groups in total. The zero-order valence-electron chi connectivity index (χ0n) is 13.2. The monoisotopic (exact) mass is 264 g/mol. The molecule has 0 unspecified atom stereocenters. The van der Waals surface area contributed by atoms with Gasteiger partial charge in [0.05, 0.1) is 5.69 Å². The number of rotatable bonds is 6. The lowest BCUT2D eigenvalue weighted by molar-refractivity contribution is 0.408. The minimum Gasteiger partial charge on any atom is -0.370 e. The summed E-state index contributed by atoms with van der Waals surface area (Å²) < 4.78 is 0. The molecule has 19 heavy (non-hydrogen) atoms. The molecule has 4 heteroatoms. The fourth-order valence-electron chi connectivity index (χ4n) is 1.66. The standard InChI is InChI=1S/C15H28N4/c1-7-9-16-14-11-12(15(2,3)4)17-13(18-14)8-10-19(5)6/h11H,7-10H2,1-6H3,(H,16,17,18). The average Bonchev–Trinajstić information content (AvgIpc) is 2.32. The Labute approximate surface area is 117 Å². The van der Waals surface area contributed by atoms with Crippen LogP contribution in [0.3, 0.4) is 0 Å². The summed E-state index contributed by atoms with van der Waals surface area (Å²) in [5.41, 5.74) is 1.16. The molecule has 0 fully saturated rings. The Bertz CT molecular complexity index is 394. The Morgan fingerprint density at radius 1 is 1.21 bits per heavy atom. The molecular formula is C15H28N4. The van der Waals surface area contributed by atoms with Gasteiger partial charge < -0.3 is 10.2 Å². The largest absolute Gasteiger partial charge is 0.370 e. The van der Waals surface area contributed by atoms with Crippen LogP contribution in [0.4, 0.5) is 5.82 Å². The summed E-state index contributed by atoms with van der Waals surface area (Å²) in [7, 11) is 4.15. The highest BCUT2D eigenvalue weighted by Gasteiger charge is 2.17. The van der Waals surface area contributed by atoms with E-state index < -0.39 is 0 Å². The molecule has 0 saturated heterocycles. The van der Waals surface area contributed by atoms with E-state index in [4.69, 9.17) is 4.98 Å². The summed E-state index contributed by atoms with van der Waals surface area (Å²) in [6, 6.07) is 2.08. The lowest BCUT2D eigenvalue weighted by Gasteiger charge is -2.20. The van der Waals surface area contributed by atoms with Crippen LogP contribution >= 0.6 is 0 Å². The van der Waals surface area contributed by atoms with E-state index in [-0.39, 0.29) is 5.41 Å². The van der Waals surface area contributed by atoms with Crippen LogP contribution in [-0.2, 0) is 11.8 Å². The maximum Gasteiger partial charge on any atom is 0.132 e. The van der Waals surface area contributed by atoms with E-state index in [9.17, 15) is 0 Å². The van der Waals surface area contributed by atoms with Gasteiger partial charge in [-0.15, -0.1) is 0 Å². The van der Waals surface area contributed by atoms with Crippen LogP contribution < -0.4 is 5.32 Å². The van der Waals surface area contributed by atoms with E-state index in [1.807, 2.05) is 0 Å². The first-order valence-electron chi connectivity index (χ1n) is 7.10. The lowest BCUT2D eigenvalue weighted by Crippen LogP contribution is -2.20. The van der Waals surface area contributed by atoms with E-state index in [1.165, 1.54) is 0 Å². The summed E-state index contributed by atoms with van der Waals surface area (Å²) in [6.07, 6.45) is 1.99. The van der Waals surface area contributed by atoms with E-state index in [0.717, 1.165) is 43.3 Å². The van der Waals surface area contributed by atoms with Gasteiger partial charge >= 0.3 is 0 Å². The number of hydrogen-bond donors (Lipinski definition) is 1. The third kappa shape index (κ3) is 5.55. The van der Waals surface area contributed by atoms with Crippen molar-refractivity contribution in [2.45, 2.75) is 46.0 Å². The van der Waals surface area contributed by atoms with Gasteiger partial charge in [0.1, 0.15) is 11.6 Å². The molecule has 0 spiro atoms. The van der Waals surface area contributed by atoms with E-state index in [1.54, 1.807) is 0 Å². The smallest absolute Gasteiger partial charge is 0.132 e. The molecule has 0 aliphatic carbocycles. The van der Waals surface area contributed by atoms with Crippen molar-refractivity contribution in [2.24, 2.45) is 0 Å². The first kappa shape index (κ1) is 15.9. The molecule has 0 atom stereocenters. The SMILES string of the molecule is CCCNc1cc(C(C)(C)C)nc(CCN(C)C)n1. The first-order chi connectivity index (χ1) is 8.82. The van der Waals surface area contributed by atoms with Crippen LogP contribution in [0.25, 0.3) is 0 Å². The van der Waals surface area contributed by atoms with Gasteiger partial charge in [-0.2, -0.15) is 0 Å². The molecule has 1 aromatic heterocycles. The topological polar surface area (TPSA) is 41.1 Å². The summed E-state index contributed by atoms with van der Waals surface area (Å²) in [4.78, 5) is 11.5. The van der Waals surface area contributed by atoms with Gasteiger partial charge in [0.25, 0.3) is 0 Å². The Balaban J connectivity index is 2.95. The molecule has 0 aromatic carbocycles. The van der Waals surface area contributed by atoms with Gasteiger partial charge in [0, 0.05) is 31.0 Å². The highest BCUT2D eigenvalue weighted by Crippen LogP contribution is 2.22. The number of hydrogen-bond acceptors (Lipinski definition) is 4. The van der Waals surface area contributed by atoms with Gasteiger partial charge in [-0.3, -0.25) is 0 Å². The maximum atomic E-state index is 4.71. The molecule has 0 saturated carbocycles. The second-order valence-corrected chi connectivity index (χ2v) is 6.28. The molecule has 0 bridgehead atoms. The number of anilines is 1. The van der Waals surface area contributed by atoms with Gasteiger partial charge in [-0.05, 0) is 20.5 Å². The Kier molecular flexibility index (Phi) is 5.73. The molecular weight excluding hydrogens is 236 g/mol. The fourth-order valence-corrected chi connectivity index (χ4v) is 1.66. The predicted octanol–water partition coefficient (Wildman–Crippen LogP) is 2.70. The third-order valence-electron chi connectivity index (χ3n) is 2.88. The van der Waals surface area contributed by atoms with E-state index in [0.29, 0.717) is 0 Å². The van der Waals surface area contributed by atoms with Crippen LogP contribution in [0.1, 0.15) is 45.6 Å². The number of nitrogens with one attached hydrogen (secondary N) is 1. The molecule has 0 amide bonds. The van der Waals surface area contributed by atoms with Crippen molar-refractivity contribution in [1.29, 1.82) is 0 Å². The minimum atomic E-state index is 0.0540. The molecule has 108 valence electrons. The normalized spacial score (nSPS) is 11.9. The maximum absolute atomic E-state index is 4.71. The molecule has 0 radical (unpaired) electrons. The highest BCUT2D eigenvalue weighted by atomic mass is 15.1. The van der Waals surface area contributed by atoms with Crippen LogP contribution in [-0.4, -0.2) is 42.1 Å². The summed E-state index contributed by atoms with van der Waals surface area (Å²) in [6.45, 7) is 10.7. The second kappa shape index (κ2) is 6.85. The van der Waals surface area contributed by atoms with Crippen molar-refractivity contribution in [3.63, 3.8) is 0 Å². The van der Waals surface area contributed by atoms with Gasteiger partial charge in [0.2, 0.25) is 0 Å². The second-order valence-electron chi connectivity index (χ2n) is 6.28. The van der Waals surface area contributed by atoms with Crippen molar-refractivity contribution in [1.82, 2.24) is 14.9 Å². The Morgan fingerprint density at radius 2 is 1.89 bits per heavy atom. The van der Waals surface area contributed by atoms with E-state index in [2.05, 4.69) is 63.1 Å². The van der Waals surface area contributed by atoms with Crippen molar-refractivity contribution >= 4 is 5.82 Å². The number of aromatic nitrogens is 2. The highest BCUT2D eigenvalue weighted by molar-refractivity contribution is 5.38. The lowest BCUT2D eigenvalue weighted by atomic mass is 9.92. The Hall–Kier alpha value is -1.16. The summed E-state index contributed by atoms with van der Waals surface area (Å²) in [5.74, 6) is 1.88. The van der Waals surface area contributed by atoms with Crippen LogP contribution in [0.15, 0.2) is 6.07 Å². The van der Waals surface area contributed by atoms with Crippen molar-refractivity contribution < 1.29 is 0 Å². The molecule has 1 rings (SSSR count). The van der Waals surface area contributed by atoms with Gasteiger partial charge in [0.15, 0.2) is 0 Å². The Morgan fingerprint density at radius 3 is 2.42 bits per heavy atom. The van der Waals surface area contributed by atoms with Crippen LogP contribution in [0.5, 0.6) is 0 Å². The molecule has 1 heterocycles.